The number of fused-ring (bicyclic) bond motifs is 2. The van der Waals surface area contributed by atoms with E-state index in [9.17, 15) is 0 Å². The highest BCUT2D eigenvalue weighted by molar-refractivity contribution is 5.97. The molecular formula is C74H54N2. The summed E-state index contributed by atoms with van der Waals surface area (Å²) in [7, 11) is 0. The molecule has 0 heterocycles. The Kier molecular flexibility index (Phi) is 12.5. The third kappa shape index (κ3) is 9.30. The molecule has 1 aliphatic rings. The monoisotopic (exact) mass is 970 g/mol. The van der Waals surface area contributed by atoms with E-state index < -0.39 is 0 Å². The summed E-state index contributed by atoms with van der Waals surface area (Å²) >= 11 is 0. The molecule has 12 aromatic rings. The first-order chi connectivity index (χ1) is 37.7. The van der Waals surface area contributed by atoms with Crippen molar-refractivity contribution in [1.29, 1.82) is 0 Å². The highest BCUT2D eigenvalue weighted by atomic mass is 15.1. The van der Waals surface area contributed by atoms with Crippen LogP contribution in [0.3, 0.4) is 0 Å². The minimum absolute atomic E-state index is 0.309. The van der Waals surface area contributed by atoms with Gasteiger partial charge in [0.2, 0.25) is 0 Å². The summed E-state index contributed by atoms with van der Waals surface area (Å²) in [5.74, 6) is 0.309. The Morgan fingerprint density at radius 1 is 0.263 bits per heavy atom. The minimum atomic E-state index is 0.309. The molecule has 0 saturated carbocycles. The van der Waals surface area contributed by atoms with Crippen molar-refractivity contribution in [3.8, 4) is 55.6 Å². The molecule has 2 nitrogen and oxygen atoms in total. The van der Waals surface area contributed by atoms with Crippen molar-refractivity contribution in [2.75, 3.05) is 9.80 Å². The second-order valence-corrected chi connectivity index (χ2v) is 19.6. The summed E-state index contributed by atoms with van der Waals surface area (Å²) in [5.41, 5.74) is 20.0. The van der Waals surface area contributed by atoms with Gasteiger partial charge in [-0.25, -0.2) is 0 Å². The van der Waals surface area contributed by atoms with Crippen LogP contribution in [0, 0.1) is 0 Å². The number of anilines is 5. The molecule has 12 aromatic carbocycles. The average molecular weight is 971 g/mol. The quantitative estimate of drug-likeness (QED) is 0.120. The molecule has 2 heteroatoms. The Balaban J connectivity index is 0.767. The standard InChI is InChI=1S/C74H54N2/c1-3-13-53(14-4-1)57-29-41-65(42-30-57)75(69-49-37-63(38-50-69)73-23-11-19-61-17-7-9-21-71(61)73)67-45-33-59(34-46-67)55-25-27-56(28-26-55)60-35-47-68(48-36-60)76(66-43-31-58(32-44-66)54-15-5-2-6-16-54)70-51-39-64(40-52-70)74-24-12-20-62-18-8-10-22-72(62)74/h1-39,41-52,64H,40H2. The van der Waals surface area contributed by atoms with Crippen LogP contribution >= 0.6 is 0 Å². The zero-order valence-corrected chi connectivity index (χ0v) is 42.1. The Bertz CT molecular complexity index is 4000. The van der Waals surface area contributed by atoms with Crippen LogP contribution in [0.25, 0.3) is 77.2 Å². The lowest BCUT2D eigenvalue weighted by atomic mass is 9.88. The van der Waals surface area contributed by atoms with Gasteiger partial charge in [-0.2, -0.15) is 0 Å². The molecule has 1 unspecified atom stereocenters. The number of hydrogen-bond acceptors (Lipinski definition) is 2. The fourth-order valence-electron chi connectivity index (χ4n) is 11.1. The van der Waals surface area contributed by atoms with Crippen LogP contribution in [0.5, 0.6) is 0 Å². The van der Waals surface area contributed by atoms with Crippen LogP contribution in [-0.2, 0) is 0 Å². The minimum Gasteiger partial charge on any atom is -0.311 e. The Hall–Kier alpha value is -9.76. The van der Waals surface area contributed by atoms with Crippen LogP contribution in [0.1, 0.15) is 17.9 Å². The van der Waals surface area contributed by atoms with E-state index in [-0.39, 0.29) is 0 Å². The van der Waals surface area contributed by atoms with Crippen LogP contribution in [0.4, 0.5) is 28.4 Å². The predicted molar refractivity (Wildman–Crippen MR) is 323 cm³/mol. The molecule has 1 atom stereocenters. The molecule has 76 heavy (non-hydrogen) atoms. The van der Waals surface area contributed by atoms with Crippen molar-refractivity contribution in [3.63, 3.8) is 0 Å². The third-order valence-electron chi connectivity index (χ3n) is 15.1. The summed E-state index contributed by atoms with van der Waals surface area (Å²) in [5, 5.41) is 5.11. The first-order valence-electron chi connectivity index (χ1n) is 26.3. The average Bonchev–Trinajstić information content (AvgIpc) is 3.51. The van der Waals surface area contributed by atoms with Gasteiger partial charge in [-0.15, -0.1) is 0 Å². The fourth-order valence-corrected chi connectivity index (χ4v) is 11.1. The third-order valence-corrected chi connectivity index (χ3v) is 15.1. The SMILES string of the molecule is C1=CC(c2cccc3ccccc23)CC=C1N(c1ccc(-c2ccccc2)cc1)c1ccc(-c2ccc(-c3ccc(N(c4ccc(-c5ccccc5)cc4)c4ccc(-c5cccc6ccccc56)cc4)cc3)cc2)cc1. The van der Waals surface area contributed by atoms with Gasteiger partial charge in [-0.05, 0) is 156 Å². The lowest BCUT2D eigenvalue weighted by molar-refractivity contribution is 0.847. The van der Waals surface area contributed by atoms with Gasteiger partial charge >= 0.3 is 0 Å². The van der Waals surface area contributed by atoms with Gasteiger partial charge in [0.25, 0.3) is 0 Å². The highest BCUT2D eigenvalue weighted by Crippen LogP contribution is 2.41. The first kappa shape index (κ1) is 46.1. The van der Waals surface area contributed by atoms with Gasteiger partial charge in [0.1, 0.15) is 0 Å². The molecule has 1 aliphatic carbocycles. The van der Waals surface area contributed by atoms with Crippen LogP contribution in [-0.4, -0.2) is 0 Å². The lowest BCUT2D eigenvalue weighted by Gasteiger charge is -2.29. The summed E-state index contributed by atoms with van der Waals surface area (Å²) in [6.07, 6.45) is 8.03. The lowest BCUT2D eigenvalue weighted by Crippen LogP contribution is -2.17. The summed E-state index contributed by atoms with van der Waals surface area (Å²) in [4.78, 5) is 4.74. The molecular weight excluding hydrogens is 917 g/mol. The zero-order valence-electron chi connectivity index (χ0n) is 42.1. The van der Waals surface area contributed by atoms with E-state index >= 15 is 0 Å². The van der Waals surface area contributed by atoms with E-state index in [2.05, 4.69) is 319 Å². The van der Waals surface area contributed by atoms with Gasteiger partial charge in [0, 0.05) is 40.1 Å². The van der Waals surface area contributed by atoms with E-state index in [0.29, 0.717) is 5.92 Å². The summed E-state index contributed by atoms with van der Waals surface area (Å²) in [6.45, 7) is 0. The molecule has 0 aromatic heterocycles. The molecule has 13 rings (SSSR count). The summed E-state index contributed by atoms with van der Waals surface area (Å²) in [6, 6.07) is 106. The molecule has 0 spiro atoms. The molecule has 0 radical (unpaired) electrons. The smallest absolute Gasteiger partial charge is 0.0462 e. The topological polar surface area (TPSA) is 6.48 Å². The van der Waals surface area contributed by atoms with Gasteiger partial charge in [0.05, 0.1) is 0 Å². The zero-order chi connectivity index (χ0) is 50.6. The maximum absolute atomic E-state index is 2.40. The van der Waals surface area contributed by atoms with Gasteiger partial charge in [0.15, 0.2) is 0 Å². The van der Waals surface area contributed by atoms with E-state index in [1.165, 1.54) is 88.4 Å². The normalized spacial score (nSPS) is 13.1. The molecule has 360 valence electrons. The van der Waals surface area contributed by atoms with Crippen molar-refractivity contribution in [2.24, 2.45) is 0 Å². The first-order valence-corrected chi connectivity index (χ1v) is 26.3. The van der Waals surface area contributed by atoms with E-state index in [0.717, 1.165) is 34.9 Å². The maximum Gasteiger partial charge on any atom is 0.0462 e. The van der Waals surface area contributed by atoms with Crippen LogP contribution in [0.2, 0.25) is 0 Å². The van der Waals surface area contributed by atoms with Crippen LogP contribution in [0.15, 0.2) is 315 Å². The van der Waals surface area contributed by atoms with E-state index in [4.69, 9.17) is 0 Å². The molecule has 0 bridgehead atoms. The second-order valence-electron chi connectivity index (χ2n) is 19.6. The molecule has 0 fully saturated rings. The maximum atomic E-state index is 2.40. The van der Waals surface area contributed by atoms with Crippen LogP contribution < -0.4 is 9.80 Å². The largest absolute Gasteiger partial charge is 0.311 e. The molecule has 0 amide bonds. The molecule has 0 saturated heterocycles. The number of hydrogen-bond donors (Lipinski definition) is 0. The fraction of sp³-hybridized carbons (Fsp3) is 0.0270. The van der Waals surface area contributed by atoms with Gasteiger partial charge in [-0.3, -0.25) is 0 Å². The van der Waals surface area contributed by atoms with Gasteiger partial charge < -0.3 is 9.80 Å². The predicted octanol–water partition coefficient (Wildman–Crippen LogP) is 20.6. The van der Waals surface area contributed by atoms with Crippen molar-refractivity contribution in [1.82, 2.24) is 0 Å². The Morgan fingerprint density at radius 3 is 1.05 bits per heavy atom. The van der Waals surface area contributed by atoms with Gasteiger partial charge in [-0.1, -0.05) is 243 Å². The summed E-state index contributed by atoms with van der Waals surface area (Å²) < 4.78 is 0. The highest BCUT2D eigenvalue weighted by Gasteiger charge is 2.20. The Morgan fingerprint density at radius 2 is 0.605 bits per heavy atom. The van der Waals surface area contributed by atoms with Crippen molar-refractivity contribution in [3.05, 3.63) is 321 Å². The van der Waals surface area contributed by atoms with E-state index in [1.54, 1.807) is 0 Å². The molecule has 0 N–H and O–H groups in total. The van der Waals surface area contributed by atoms with Crippen molar-refractivity contribution in [2.45, 2.75) is 12.3 Å². The number of rotatable bonds is 12. The second kappa shape index (κ2) is 20.6. The number of allylic oxidation sites excluding steroid dienone is 3. The van der Waals surface area contributed by atoms with Crippen molar-refractivity contribution >= 4 is 50.0 Å². The number of nitrogens with zero attached hydrogens (tertiary/aromatic N) is 2. The van der Waals surface area contributed by atoms with E-state index in [1.807, 2.05) is 0 Å². The number of benzene rings is 12. The molecule has 0 aliphatic heterocycles. The van der Waals surface area contributed by atoms with Crippen molar-refractivity contribution < 1.29 is 0 Å². The Labute approximate surface area is 446 Å².